The van der Waals surface area contributed by atoms with Crippen molar-refractivity contribution < 1.29 is 0 Å². The van der Waals surface area contributed by atoms with Gasteiger partial charge in [0.25, 0.3) is 0 Å². The summed E-state index contributed by atoms with van der Waals surface area (Å²) in [5.74, 6) is 0. The minimum absolute atomic E-state index is 1.19. The van der Waals surface area contributed by atoms with Crippen LogP contribution < -0.4 is 4.90 Å². The highest BCUT2D eigenvalue weighted by Crippen LogP contribution is 2.06. The molecule has 0 atom stereocenters. The monoisotopic (exact) mass is 120 g/mol. The van der Waals surface area contributed by atoms with E-state index in [-0.39, 0.29) is 0 Å². The van der Waals surface area contributed by atoms with Crippen LogP contribution in [0.25, 0.3) is 0 Å². The first-order chi connectivity index (χ1) is 4.30. The molecule has 0 saturated heterocycles. The van der Waals surface area contributed by atoms with Gasteiger partial charge in [-0.3, -0.25) is 0 Å². The number of rotatable bonds is 1. The topological polar surface area (TPSA) is 3.24 Å². The van der Waals surface area contributed by atoms with E-state index in [1.807, 2.05) is 32.3 Å². The van der Waals surface area contributed by atoms with Gasteiger partial charge in [-0.05, 0) is 18.2 Å². The van der Waals surface area contributed by atoms with Crippen molar-refractivity contribution in [3.8, 4) is 0 Å². The summed E-state index contributed by atoms with van der Waals surface area (Å²) in [6.45, 7) is 0. The normalized spacial score (nSPS) is 9.11. The molecule has 0 saturated carbocycles. The molecule has 0 amide bonds. The Balaban J connectivity index is 2.85. The Bertz CT molecular complexity index is 167. The van der Waals surface area contributed by atoms with Gasteiger partial charge in [0.2, 0.25) is 0 Å². The van der Waals surface area contributed by atoms with Gasteiger partial charge in [-0.25, -0.2) is 0 Å². The van der Waals surface area contributed by atoms with Crippen molar-refractivity contribution in [1.82, 2.24) is 0 Å². The zero-order valence-electron chi connectivity index (χ0n) is 5.76. The average Bonchev–Trinajstić information content (AvgIpc) is 1.90. The smallest absolute Gasteiger partial charge is 0.0367 e. The summed E-state index contributed by atoms with van der Waals surface area (Å²) in [6.07, 6.45) is 0. The summed E-state index contributed by atoms with van der Waals surface area (Å²) >= 11 is 0. The van der Waals surface area contributed by atoms with Crippen LogP contribution in [-0.2, 0) is 0 Å². The fourth-order valence-electron chi connectivity index (χ4n) is 0.662. The maximum Gasteiger partial charge on any atom is 0.0367 e. The molecule has 0 aliphatic heterocycles. The first kappa shape index (κ1) is 6.14. The highest BCUT2D eigenvalue weighted by molar-refractivity contribution is 5.43. The fraction of sp³-hybridized carbons (Fsp3) is 0.250. The number of nitrogens with zero attached hydrogens (tertiary/aromatic N) is 1. The van der Waals surface area contributed by atoms with Crippen LogP contribution in [0.2, 0.25) is 0 Å². The van der Waals surface area contributed by atoms with Gasteiger partial charge in [-0.1, -0.05) is 12.1 Å². The predicted molar refractivity (Wildman–Crippen MR) is 39.6 cm³/mol. The van der Waals surface area contributed by atoms with Crippen molar-refractivity contribution >= 4 is 5.69 Å². The Morgan fingerprint density at radius 2 is 2.22 bits per heavy atom. The molecule has 0 heterocycles. The average molecular weight is 120 g/mol. The predicted octanol–water partition coefficient (Wildman–Crippen LogP) is 1.55. The summed E-state index contributed by atoms with van der Waals surface area (Å²) in [5.41, 5.74) is 1.19. The molecule has 1 aromatic rings. The molecule has 0 aliphatic carbocycles. The van der Waals surface area contributed by atoms with E-state index in [0.29, 0.717) is 0 Å². The Hall–Kier alpha value is -0.980. The largest absolute Gasteiger partial charge is 0.378 e. The van der Waals surface area contributed by atoms with Crippen molar-refractivity contribution in [3.05, 3.63) is 30.3 Å². The van der Waals surface area contributed by atoms with Gasteiger partial charge in [0.1, 0.15) is 0 Å². The van der Waals surface area contributed by atoms with Crippen molar-refractivity contribution in [2.75, 3.05) is 19.0 Å². The van der Waals surface area contributed by atoms with Crippen LogP contribution in [0, 0.1) is 6.07 Å². The maximum atomic E-state index is 3.00. The van der Waals surface area contributed by atoms with Crippen LogP contribution in [0.1, 0.15) is 0 Å². The van der Waals surface area contributed by atoms with E-state index in [1.54, 1.807) is 0 Å². The molecule has 47 valence electrons. The van der Waals surface area contributed by atoms with E-state index >= 15 is 0 Å². The third kappa shape index (κ3) is 1.46. The van der Waals surface area contributed by atoms with Crippen molar-refractivity contribution in [3.63, 3.8) is 0 Å². The summed E-state index contributed by atoms with van der Waals surface area (Å²) in [5, 5.41) is 0. The van der Waals surface area contributed by atoms with E-state index in [0.717, 1.165) is 0 Å². The van der Waals surface area contributed by atoms with E-state index in [9.17, 15) is 0 Å². The van der Waals surface area contributed by atoms with Crippen LogP contribution in [0.15, 0.2) is 24.3 Å². The number of hydrogen-bond acceptors (Lipinski definition) is 1. The molecule has 0 fully saturated rings. The number of anilines is 1. The molecule has 0 N–H and O–H groups in total. The molecular formula is C8H10N. The summed E-state index contributed by atoms with van der Waals surface area (Å²) in [6, 6.07) is 10.9. The van der Waals surface area contributed by atoms with Crippen LogP contribution in [0.4, 0.5) is 5.69 Å². The van der Waals surface area contributed by atoms with Crippen LogP contribution in [0.3, 0.4) is 0 Å². The lowest BCUT2D eigenvalue weighted by molar-refractivity contribution is 1.13. The lowest BCUT2D eigenvalue weighted by atomic mass is 10.3. The molecular weight excluding hydrogens is 110 g/mol. The summed E-state index contributed by atoms with van der Waals surface area (Å²) in [7, 11) is 4.03. The first-order valence-electron chi connectivity index (χ1n) is 2.94. The molecule has 0 spiro atoms. The molecule has 1 heteroatoms. The van der Waals surface area contributed by atoms with Gasteiger partial charge in [-0.15, -0.1) is 0 Å². The Kier molecular flexibility index (Phi) is 1.73. The van der Waals surface area contributed by atoms with Crippen LogP contribution in [0.5, 0.6) is 0 Å². The van der Waals surface area contributed by atoms with E-state index in [2.05, 4.69) is 17.0 Å². The van der Waals surface area contributed by atoms with E-state index in [1.165, 1.54) is 5.69 Å². The van der Waals surface area contributed by atoms with Crippen LogP contribution >= 0.6 is 0 Å². The van der Waals surface area contributed by atoms with Crippen molar-refractivity contribution in [2.24, 2.45) is 0 Å². The SMILES string of the molecule is CN(C)c1c[c]ccc1. The molecule has 0 aliphatic rings. The molecule has 0 bridgehead atoms. The van der Waals surface area contributed by atoms with Gasteiger partial charge in [0.15, 0.2) is 0 Å². The van der Waals surface area contributed by atoms with Gasteiger partial charge >= 0.3 is 0 Å². The lowest BCUT2D eigenvalue weighted by Crippen LogP contribution is -2.07. The minimum atomic E-state index is 1.19. The third-order valence-electron chi connectivity index (χ3n) is 1.21. The van der Waals surface area contributed by atoms with Gasteiger partial charge < -0.3 is 4.90 Å². The second kappa shape index (κ2) is 2.53. The second-order valence-electron chi connectivity index (χ2n) is 2.16. The number of hydrogen-bond donors (Lipinski definition) is 0. The highest BCUT2D eigenvalue weighted by Gasteiger charge is 1.88. The molecule has 1 rings (SSSR count). The van der Waals surface area contributed by atoms with E-state index in [4.69, 9.17) is 0 Å². The van der Waals surface area contributed by atoms with Crippen molar-refractivity contribution in [2.45, 2.75) is 0 Å². The standard InChI is InChI=1S/C8H10N/c1-9(2)8-6-4-3-5-7-8/h3-4,6-7H,1-2H3. The number of benzene rings is 1. The molecule has 0 unspecified atom stereocenters. The zero-order valence-corrected chi connectivity index (χ0v) is 5.76. The molecule has 1 nitrogen and oxygen atoms in total. The third-order valence-corrected chi connectivity index (χ3v) is 1.21. The zero-order chi connectivity index (χ0) is 6.69. The van der Waals surface area contributed by atoms with Crippen molar-refractivity contribution in [1.29, 1.82) is 0 Å². The molecule has 1 radical (unpaired) electrons. The van der Waals surface area contributed by atoms with Gasteiger partial charge in [0, 0.05) is 19.8 Å². The Labute approximate surface area is 55.9 Å². The first-order valence-corrected chi connectivity index (χ1v) is 2.94. The lowest BCUT2D eigenvalue weighted by Gasteiger charge is -2.10. The molecule has 0 aromatic heterocycles. The maximum absolute atomic E-state index is 3.00. The second-order valence-corrected chi connectivity index (χ2v) is 2.16. The van der Waals surface area contributed by atoms with Gasteiger partial charge in [-0.2, -0.15) is 0 Å². The fourth-order valence-corrected chi connectivity index (χ4v) is 0.662. The van der Waals surface area contributed by atoms with Crippen LogP contribution in [-0.4, -0.2) is 14.1 Å². The van der Waals surface area contributed by atoms with E-state index < -0.39 is 0 Å². The Morgan fingerprint density at radius 3 is 2.56 bits per heavy atom. The molecule has 9 heavy (non-hydrogen) atoms. The quantitative estimate of drug-likeness (QED) is 0.543. The highest BCUT2D eigenvalue weighted by atomic mass is 15.1. The summed E-state index contributed by atoms with van der Waals surface area (Å²) < 4.78 is 0. The minimum Gasteiger partial charge on any atom is -0.378 e. The summed E-state index contributed by atoms with van der Waals surface area (Å²) in [4.78, 5) is 2.05. The van der Waals surface area contributed by atoms with Gasteiger partial charge in [0.05, 0.1) is 0 Å². The Morgan fingerprint density at radius 1 is 1.44 bits per heavy atom. The molecule has 1 aromatic carbocycles.